The van der Waals surface area contributed by atoms with Gasteiger partial charge in [-0.25, -0.2) is 0 Å². The van der Waals surface area contributed by atoms with Gasteiger partial charge in [-0.3, -0.25) is 4.99 Å². The molecule has 0 radical (unpaired) electrons. The quantitative estimate of drug-likeness (QED) is 0.448. The van der Waals surface area contributed by atoms with Gasteiger partial charge in [0.05, 0.1) is 12.6 Å². The second-order valence-electron chi connectivity index (χ2n) is 4.88. The molecular formula is C16H23IN4O. The van der Waals surface area contributed by atoms with Crippen LogP contribution in [0.15, 0.2) is 46.1 Å². The summed E-state index contributed by atoms with van der Waals surface area (Å²) >= 11 is 0. The highest BCUT2D eigenvalue weighted by Gasteiger charge is 2.08. The number of aliphatic imine (C=N–C) groups is 1. The maximum atomic E-state index is 4.80. The highest BCUT2D eigenvalue weighted by molar-refractivity contribution is 14.0. The molecule has 2 N–H and O–H groups in total. The van der Waals surface area contributed by atoms with Crippen molar-refractivity contribution < 1.29 is 4.52 Å². The predicted molar refractivity (Wildman–Crippen MR) is 99.5 cm³/mol. The van der Waals surface area contributed by atoms with Gasteiger partial charge in [-0.05, 0) is 24.5 Å². The number of hydrogen-bond donors (Lipinski definition) is 2. The van der Waals surface area contributed by atoms with Gasteiger partial charge in [-0.1, -0.05) is 36.3 Å². The molecule has 2 aromatic rings. The van der Waals surface area contributed by atoms with Gasteiger partial charge in [-0.15, -0.1) is 24.0 Å². The van der Waals surface area contributed by atoms with Crippen molar-refractivity contribution in [2.24, 2.45) is 4.99 Å². The summed E-state index contributed by atoms with van der Waals surface area (Å²) in [6.45, 7) is 4.86. The van der Waals surface area contributed by atoms with Crippen LogP contribution < -0.4 is 10.6 Å². The van der Waals surface area contributed by atoms with E-state index in [1.54, 1.807) is 13.3 Å². The second-order valence-corrected chi connectivity index (χ2v) is 4.88. The van der Waals surface area contributed by atoms with Gasteiger partial charge >= 0.3 is 0 Å². The van der Waals surface area contributed by atoms with Crippen LogP contribution in [-0.4, -0.2) is 18.2 Å². The maximum Gasteiger partial charge on any atom is 0.191 e. The first-order chi connectivity index (χ1) is 10.2. The molecule has 2 rings (SSSR count). The monoisotopic (exact) mass is 414 g/mol. The fraction of sp³-hybridized carbons (Fsp3) is 0.375. The molecule has 0 bridgehead atoms. The lowest BCUT2D eigenvalue weighted by Gasteiger charge is -2.18. The Labute approximate surface area is 148 Å². The van der Waals surface area contributed by atoms with Crippen molar-refractivity contribution >= 4 is 29.9 Å². The van der Waals surface area contributed by atoms with Crippen molar-refractivity contribution in [2.75, 3.05) is 7.05 Å². The smallest absolute Gasteiger partial charge is 0.191 e. The van der Waals surface area contributed by atoms with Crippen LogP contribution in [0.1, 0.15) is 36.7 Å². The zero-order valence-electron chi connectivity index (χ0n) is 13.2. The number of aryl methyl sites for hydroxylation is 1. The summed E-state index contributed by atoms with van der Waals surface area (Å²) < 4.78 is 4.80. The van der Waals surface area contributed by atoms with Crippen molar-refractivity contribution in [3.63, 3.8) is 0 Å². The molecule has 0 aliphatic carbocycles. The standard InChI is InChI=1S/C16H22N4O.HI/c1-4-13-5-7-14(8-6-13)12(2)19-16(17-3)18-11-15-9-10-21-20-15;/h5-10,12H,4,11H2,1-3H3,(H2,17,18,19);1H. The molecule has 1 aromatic carbocycles. The first-order valence-electron chi connectivity index (χ1n) is 7.18. The van der Waals surface area contributed by atoms with Crippen LogP contribution in [-0.2, 0) is 13.0 Å². The van der Waals surface area contributed by atoms with Gasteiger partial charge in [-0.2, -0.15) is 0 Å². The summed E-state index contributed by atoms with van der Waals surface area (Å²) in [5.74, 6) is 0.741. The highest BCUT2D eigenvalue weighted by atomic mass is 127. The summed E-state index contributed by atoms with van der Waals surface area (Å²) in [7, 11) is 1.75. The lowest BCUT2D eigenvalue weighted by Crippen LogP contribution is -2.38. The molecule has 1 atom stereocenters. The van der Waals surface area contributed by atoms with E-state index in [4.69, 9.17) is 4.52 Å². The largest absolute Gasteiger partial charge is 0.364 e. The van der Waals surface area contributed by atoms with Gasteiger partial charge < -0.3 is 15.2 Å². The van der Waals surface area contributed by atoms with E-state index in [0.717, 1.165) is 18.1 Å². The molecule has 0 aliphatic rings. The van der Waals surface area contributed by atoms with Crippen molar-refractivity contribution in [3.05, 3.63) is 53.4 Å². The van der Waals surface area contributed by atoms with Gasteiger partial charge in [0.15, 0.2) is 5.96 Å². The molecule has 120 valence electrons. The van der Waals surface area contributed by atoms with Crippen LogP contribution in [0.3, 0.4) is 0 Å². The zero-order chi connectivity index (χ0) is 15.1. The topological polar surface area (TPSA) is 62.5 Å². The Hall–Kier alpha value is -1.57. The summed E-state index contributed by atoms with van der Waals surface area (Å²) in [5.41, 5.74) is 3.42. The summed E-state index contributed by atoms with van der Waals surface area (Å²) in [6.07, 6.45) is 2.62. The second kappa shape index (κ2) is 9.45. The van der Waals surface area contributed by atoms with Crippen molar-refractivity contribution in [1.29, 1.82) is 0 Å². The van der Waals surface area contributed by atoms with E-state index in [1.807, 2.05) is 6.07 Å². The Morgan fingerprint density at radius 2 is 2.00 bits per heavy atom. The summed E-state index contributed by atoms with van der Waals surface area (Å²) in [4.78, 5) is 4.22. The first-order valence-corrected chi connectivity index (χ1v) is 7.18. The Morgan fingerprint density at radius 1 is 1.27 bits per heavy atom. The van der Waals surface area contributed by atoms with E-state index in [0.29, 0.717) is 6.54 Å². The van der Waals surface area contributed by atoms with Gasteiger partial charge in [0.1, 0.15) is 12.0 Å². The van der Waals surface area contributed by atoms with Crippen molar-refractivity contribution in [1.82, 2.24) is 15.8 Å². The molecule has 1 unspecified atom stereocenters. The van der Waals surface area contributed by atoms with Crippen LogP contribution >= 0.6 is 24.0 Å². The molecule has 6 heteroatoms. The van der Waals surface area contributed by atoms with E-state index in [9.17, 15) is 0 Å². The third-order valence-corrected chi connectivity index (χ3v) is 3.39. The number of benzene rings is 1. The van der Waals surface area contributed by atoms with E-state index >= 15 is 0 Å². The first kappa shape index (κ1) is 18.5. The number of nitrogens with zero attached hydrogens (tertiary/aromatic N) is 2. The van der Waals surface area contributed by atoms with Crippen LogP contribution in [0.2, 0.25) is 0 Å². The molecule has 0 saturated carbocycles. The number of halogens is 1. The molecular weight excluding hydrogens is 391 g/mol. The third kappa shape index (κ3) is 5.32. The van der Waals surface area contributed by atoms with Crippen LogP contribution in [0.25, 0.3) is 0 Å². The highest BCUT2D eigenvalue weighted by Crippen LogP contribution is 2.13. The van der Waals surface area contributed by atoms with Gasteiger partial charge in [0, 0.05) is 13.1 Å². The van der Waals surface area contributed by atoms with E-state index in [-0.39, 0.29) is 30.0 Å². The summed E-state index contributed by atoms with van der Waals surface area (Å²) in [6, 6.07) is 10.6. The Bertz CT molecular complexity index is 566. The SMILES string of the molecule is CCc1ccc(C(C)NC(=NC)NCc2ccon2)cc1.I. The Morgan fingerprint density at radius 3 is 2.55 bits per heavy atom. The van der Waals surface area contributed by atoms with Crippen LogP contribution in [0, 0.1) is 0 Å². The van der Waals surface area contributed by atoms with Gasteiger partial charge in [0.2, 0.25) is 0 Å². The minimum absolute atomic E-state index is 0. The van der Waals surface area contributed by atoms with Crippen molar-refractivity contribution in [2.45, 2.75) is 32.9 Å². The van der Waals surface area contributed by atoms with Crippen LogP contribution in [0.4, 0.5) is 0 Å². The average molecular weight is 414 g/mol. The zero-order valence-corrected chi connectivity index (χ0v) is 15.5. The minimum Gasteiger partial charge on any atom is -0.364 e. The molecule has 0 saturated heterocycles. The molecule has 0 aliphatic heterocycles. The number of guanidine groups is 1. The molecule has 22 heavy (non-hydrogen) atoms. The number of hydrogen-bond acceptors (Lipinski definition) is 3. The maximum absolute atomic E-state index is 4.80. The Balaban J connectivity index is 0.00000242. The fourth-order valence-corrected chi connectivity index (χ4v) is 2.03. The molecule has 1 aromatic heterocycles. The molecule has 0 amide bonds. The molecule has 5 nitrogen and oxygen atoms in total. The van der Waals surface area contributed by atoms with Crippen LogP contribution in [0.5, 0.6) is 0 Å². The average Bonchev–Trinajstić information content (AvgIpc) is 3.04. The lowest BCUT2D eigenvalue weighted by atomic mass is 10.1. The molecule has 0 spiro atoms. The predicted octanol–water partition coefficient (Wildman–Crippen LogP) is 3.28. The number of rotatable bonds is 5. The summed E-state index contributed by atoms with van der Waals surface area (Å²) in [5, 5.41) is 10.4. The molecule has 0 fully saturated rings. The van der Waals surface area contributed by atoms with Crippen molar-refractivity contribution in [3.8, 4) is 0 Å². The minimum atomic E-state index is 0. The normalized spacial score (nSPS) is 12.4. The number of nitrogens with one attached hydrogen (secondary N) is 2. The lowest BCUT2D eigenvalue weighted by molar-refractivity contribution is 0.410. The fourth-order valence-electron chi connectivity index (χ4n) is 2.03. The van der Waals surface area contributed by atoms with E-state index in [2.05, 4.69) is 58.9 Å². The Kier molecular flexibility index (Phi) is 7.94. The van der Waals surface area contributed by atoms with Gasteiger partial charge in [0.25, 0.3) is 0 Å². The van der Waals surface area contributed by atoms with E-state index in [1.165, 1.54) is 11.1 Å². The van der Waals surface area contributed by atoms with E-state index < -0.39 is 0 Å². The third-order valence-electron chi connectivity index (χ3n) is 3.39. The molecule has 1 heterocycles. The number of aromatic nitrogens is 1.